The molecule has 0 spiro atoms. The maximum atomic E-state index is 14.2. The molecule has 158 valence electrons. The van der Waals surface area contributed by atoms with E-state index >= 15 is 0 Å². The summed E-state index contributed by atoms with van der Waals surface area (Å²) in [6.45, 7) is 4.42. The number of hydrogen-bond donors (Lipinski definition) is 1. The van der Waals surface area contributed by atoms with Gasteiger partial charge in [-0.15, -0.1) is 0 Å². The summed E-state index contributed by atoms with van der Waals surface area (Å²) in [5.41, 5.74) is 3.46. The summed E-state index contributed by atoms with van der Waals surface area (Å²) in [6.07, 6.45) is 4.66. The van der Waals surface area contributed by atoms with Crippen LogP contribution in [-0.2, 0) is 6.54 Å². The van der Waals surface area contributed by atoms with Crippen molar-refractivity contribution in [3.63, 3.8) is 0 Å². The van der Waals surface area contributed by atoms with Crippen molar-refractivity contribution in [3.05, 3.63) is 76.7 Å². The molecular formula is C23H22FN5O2. The van der Waals surface area contributed by atoms with Crippen molar-refractivity contribution in [3.8, 4) is 34.0 Å². The second-order valence-electron chi connectivity index (χ2n) is 7.48. The monoisotopic (exact) mass is 419 g/mol. The van der Waals surface area contributed by atoms with Gasteiger partial charge in [-0.25, -0.2) is 9.37 Å². The summed E-state index contributed by atoms with van der Waals surface area (Å²) in [6, 6.07) is 10.8. The molecule has 0 fully saturated rings. The molecule has 0 aliphatic rings. The van der Waals surface area contributed by atoms with Gasteiger partial charge in [0.1, 0.15) is 11.4 Å². The lowest BCUT2D eigenvalue weighted by Gasteiger charge is -2.12. The predicted molar refractivity (Wildman–Crippen MR) is 116 cm³/mol. The van der Waals surface area contributed by atoms with Crippen molar-refractivity contribution < 1.29 is 8.91 Å². The topological polar surface area (TPSA) is 85.8 Å². The summed E-state index contributed by atoms with van der Waals surface area (Å²) in [5.74, 6) is -0.386. The lowest BCUT2D eigenvalue weighted by Crippen LogP contribution is -2.24. The van der Waals surface area contributed by atoms with Gasteiger partial charge in [-0.05, 0) is 32.5 Å². The number of hydrogen-bond acceptors (Lipinski definition) is 6. The highest BCUT2D eigenvalue weighted by Gasteiger charge is 2.14. The fourth-order valence-electron chi connectivity index (χ4n) is 3.24. The Labute approximate surface area is 178 Å². The van der Waals surface area contributed by atoms with Crippen molar-refractivity contribution in [2.75, 3.05) is 7.05 Å². The van der Waals surface area contributed by atoms with Crippen LogP contribution in [0, 0.1) is 5.82 Å². The highest BCUT2D eigenvalue weighted by molar-refractivity contribution is 5.66. The first-order chi connectivity index (χ1) is 15.0. The summed E-state index contributed by atoms with van der Waals surface area (Å²) < 4.78 is 21.0. The van der Waals surface area contributed by atoms with Crippen LogP contribution < -0.4 is 10.9 Å². The normalized spacial score (nSPS) is 11.3. The van der Waals surface area contributed by atoms with Crippen molar-refractivity contribution in [2.24, 2.45) is 0 Å². The van der Waals surface area contributed by atoms with Crippen LogP contribution in [0.25, 0.3) is 34.0 Å². The van der Waals surface area contributed by atoms with Gasteiger partial charge in [0.05, 0.1) is 18.1 Å². The fraction of sp³-hybridized carbons (Fsp3) is 0.217. The zero-order valence-corrected chi connectivity index (χ0v) is 17.5. The SMILES string of the molecule is CNCc1ccc(-c2cc(-c3cncc(-c4cc(F)c(=O)n(C(C)C)c4)n3)on2)cc1. The van der Waals surface area contributed by atoms with E-state index in [9.17, 15) is 9.18 Å². The number of rotatable bonds is 6. The minimum Gasteiger partial charge on any atom is -0.354 e. The molecule has 1 aromatic carbocycles. The van der Waals surface area contributed by atoms with E-state index in [0.29, 0.717) is 28.4 Å². The van der Waals surface area contributed by atoms with E-state index in [0.717, 1.165) is 12.1 Å². The highest BCUT2D eigenvalue weighted by atomic mass is 19.1. The average Bonchev–Trinajstić information content (AvgIpc) is 3.26. The third-order valence-corrected chi connectivity index (χ3v) is 4.88. The molecule has 0 aliphatic heterocycles. The molecule has 31 heavy (non-hydrogen) atoms. The van der Waals surface area contributed by atoms with Crippen molar-refractivity contribution in [1.82, 2.24) is 25.0 Å². The lowest BCUT2D eigenvalue weighted by molar-refractivity contribution is 0.433. The van der Waals surface area contributed by atoms with Gasteiger partial charge >= 0.3 is 0 Å². The molecule has 1 N–H and O–H groups in total. The number of nitrogens with one attached hydrogen (secondary N) is 1. The second kappa shape index (κ2) is 8.61. The average molecular weight is 419 g/mol. The maximum Gasteiger partial charge on any atom is 0.286 e. The van der Waals surface area contributed by atoms with E-state index in [1.165, 1.54) is 22.4 Å². The molecule has 0 aliphatic carbocycles. The molecule has 0 amide bonds. The van der Waals surface area contributed by atoms with E-state index in [-0.39, 0.29) is 6.04 Å². The van der Waals surface area contributed by atoms with Gasteiger partial charge in [0.25, 0.3) is 5.56 Å². The van der Waals surface area contributed by atoms with Crippen LogP contribution in [-0.4, -0.2) is 26.7 Å². The Morgan fingerprint density at radius 2 is 1.81 bits per heavy atom. The summed E-state index contributed by atoms with van der Waals surface area (Å²) in [5, 5.41) is 7.25. The van der Waals surface area contributed by atoms with E-state index in [2.05, 4.69) is 20.4 Å². The first kappa shape index (κ1) is 20.6. The molecule has 0 bridgehead atoms. The van der Waals surface area contributed by atoms with Gasteiger partial charge in [0.2, 0.25) is 0 Å². The minimum absolute atomic E-state index is 0.186. The van der Waals surface area contributed by atoms with Crippen molar-refractivity contribution >= 4 is 0 Å². The van der Waals surface area contributed by atoms with Crippen LogP contribution in [0.3, 0.4) is 0 Å². The summed E-state index contributed by atoms with van der Waals surface area (Å²) >= 11 is 0. The second-order valence-corrected chi connectivity index (χ2v) is 7.48. The Balaban J connectivity index is 1.66. The van der Waals surface area contributed by atoms with E-state index < -0.39 is 11.4 Å². The molecule has 7 nitrogen and oxygen atoms in total. The molecule has 0 saturated heterocycles. The third-order valence-electron chi connectivity index (χ3n) is 4.88. The molecule has 8 heteroatoms. The largest absolute Gasteiger partial charge is 0.354 e. The Morgan fingerprint density at radius 1 is 1.06 bits per heavy atom. The number of nitrogens with zero attached hydrogens (tertiary/aromatic N) is 4. The molecular weight excluding hydrogens is 397 g/mol. The minimum atomic E-state index is -0.831. The lowest BCUT2D eigenvalue weighted by atomic mass is 10.1. The zero-order valence-electron chi connectivity index (χ0n) is 17.5. The number of benzene rings is 1. The van der Waals surface area contributed by atoms with Crippen LogP contribution in [0.1, 0.15) is 25.5 Å². The van der Waals surface area contributed by atoms with Crippen LogP contribution in [0.2, 0.25) is 0 Å². The van der Waals surface area contributed by atoms with Gasteiger partial charge in [-0.1, -0.05) is 29.4 Å². The number of aromatic nitrogens is 4. The van der Waals surface area contributed by atoms with E-state index in [4.69, 9.17) is 4.52 Å². The van der Waals surface area contributed by atoms with Crippen LogP contribution in [0.5, 0.6) is 0 Å². The highest BCUT2D eigenvalue weighted by Crippen LogP contribution is 2.26. The summed E-state index contributed by atoms with van der Waals surface area (Å²) in [7, 11) is 1.90. The van der Waals surface area contributed by atoms with Crippen molar-refractivity contribution in [1.29, 1.82) is 0 Å². The molecule has 0 atom stereocenters. The van der Waals surface area contributed by atoms with Gasteiger partial charge in [0, 0.05) is 36.0 Å². The Kier molecular flexibility index (Phi) is 5.73. The maximum absolute atomic E-state index is 14.2. The third kappa shape index (κ3) is 4.29. The molecule has 3 aromatic heterocycles. The standard InChI is InChI=1S/C23H22FN5O2/c1-14(2)29-13-17(8-18(24)23(29)30)20-11-26-12-21(27-20)22-9-19(28-31-22)16-6-4-15(5-7-16)10-25-3/h4-9,11-14,25H,10H2,1-3H3. The smallest absolute Gasteiger partial charge is 0.286 e. The van der Waals surface area contributed by atoms with Gasteiger partial charge in [-0.3, -0.25) is 9.78 Å². The first-order valence-electron chi connectivity index (χ1n) is 9.91. The van der Waals surface area contributed by atoms with E-state index in [1.807, 2.05) is 45.2 Å². The molecule has 0 saturated carbocycles. The summed E-state index contributed by atoms with van der Waals surface area (Å²) in [4.78, 5) is 20.8. The Morgan fingerprint density at radius 3 is 2.52 bits per heavy atom. The van der Waals surface area contributed by atoms with Gasteiger partial charge in [-0.2, -0.15) is 0 Å². The molecule has 4 aromatic rings. The molecule has 3 heterocycles. The number of halogens is 1. The quantitative estimate of drug-likeness (QED) is 0.507. The zero-order chi connectivity index (χ0) is 22.0. The fourth-order valence-corrected chi connectivity index (χ4v) is 3.24. The van der Waals surface area contributed by atoms with Crippen LogP contribution in [0.4, 0.5) is 4.39 Å². The van der Waals surface area contributed by atoms with Gasteiger partial charge in [0.15, 0.2) is 11.6 Å². The first-order valence-corrected chi connectivity index (χ1v) is 9.91. The van der Waals surface area contributed by atoms with Crippen molar-refractivity contribution in [2.45, 2.75) is 26.4 Å². The molecule has 4 rings (SSSR count). The van der Waals surface area contributed by atoms with E-state index in [1.54, 1.807) is 18.5 Å². The van der Waals surface area contributed by atoms with Gasteiger partial charge < -0.3 is 14.4 Å². The van der Waals surface area contributed by atoms with Crippen LogP contribution >= 0.6 is 0 Å². The number of pyridine rings is 1. The van der Waals surface area contributed by atoms with Crippen LogP contribution in [0.15, 0.2) is 64.3 Å². The Hall–Kier alpha value is -3.65. The molecule has 0 radical (unpaired) electrons. The molecule has 0 unspecified atom stereocenters. The Bertz CT molecular complexity index is 1260. The predicted octanol–water partition coefficient (Wildman–Crippen LogP) is 4.07.